The Morgan fingerprint density at radius 2 is 2.13 bits per heavy atom. The summed E-state index contributed by atoms with van der Waals surface area (Å²) in [5.74, 6) is 4.88. The smallest absolute Gasteiger partial charge is 0.205 e. The van der Waals surface area contributed by atoms with Crippen LogP contribution in [0, 0.1) is 0 Å². The van der Waals surface area contributed by atoms with Gasteiger partial charge in [-0.2, -0.15) is 0 Å². The molecule has 80 valence electrons. The minimum Gasteiger partial charge on any atom is -0.299 e. The van der Waals surface area contributed by atoms with Crippen LogP contribution in [-0.4, -0.2) is 15.0 Å². The summed E-state index contributed by atoms with van der Waals surface area (Å²) in [6.07, 6.45) is 1.57. The van der Waals surface area contributed by atoms with Crippen molar-refractivity contribution in [2.24, 2.45) is 5.90 Å². The normalized spacial score (nSPS) is 17.3. The highest BCUT2D eigenvalue weighted by atomic mass is 79.9. The lowest BCUT2D eigenvalue weighted by Gasteiger charge is -2.02. The van der Waals surface area contributed by atoms with Crippen molar-refractivity contribution >= 4 is 31.8 Å². The molecule has 0 radical (unpaired) electrons. The highest BCUT2D eigenvalue weighted by Crippen LogP contribution is 2.34. The maximum absolute atomic E-state index is 11.9. The summed E-state index contributed by atoms with van der Waals surface area (Å²) in [6, 6.07) is 5.10. The fourth-order valence-electron chi connectivity index (χ4n) is 1.45. The van der Waals surface area contributed by atoms with E-state index in [1.807, 2.05) is 0 Å². The van der Waals surface area contributed by atoms with Crippen LogP contribution in [0.3, 0.4) is 0 Å². The molecule has 0 fully saturated rings. The highest BCUT2D eigenvalue weighted by Gasteiger charge is 2.29. The fraction of sp³-hybridized carbons (Fsp3) is 0.111. The van der Waals surface area contributed by atoms with Crippen molar-refractivity contribution in [2.75, 3.05) is 6.61 Å². The first-order valence-corrected chi connectivity index (χ1v) is 6.40. The number of fused-ring (bicyclic) bond motifs is 1. The molecule has 0 bridgehead atoms. The lowest BCUT2D eigenvalue weighted by molar-refractivity contribution is 0.166. The standard InChI is InChI=1S/C9H8BrNO3S/c10-7-2-1-6-3-8(5-14-11)15(12,13)9(6)4-7/h1-4H,5,11H2. The lowest BCUT2D eigenvalue weighted by atomic mass is 10.2. The molecule has 1 aromatic rings. The van der Waals surface area contributed by atoms with Crippen LogP contribution in [0.5, 0.6) is 0 Å². The first-order chi connectivity index (χ1) is 7.05. The molecule has 0 aromatic heterocycles. The zero-order valence-corrected chi connectivity index (χ0v) is 10.0. The van der Waals surface area contributed by atoms with Gasteiger partial charge in [-0.25, -0.2) is 14.3 Å². The molecule has 0 saturated carbocycles. The van der Waals surface area contributed by atoms with Gasteiger partial charge in [0, 0.05) is 4.47 Å². The topological polar surface area (TPSA) is 69.4 Å². The number of nitrogens with two attached hydrogens (primary N) is 1. The Balaban J connectivity index is 2.58. The van der Waals surface area contributed by atoms with Gasteiger partial charge < -0.3 is 0 Å². The molecule has 2 N–H and O–H groups in total. The van der Waals surface area contributed by atoms with Gasteiger partial charge in [0.05, 0.1) is 9.80 Å². The third-order valence-electron chi connectivity index (χ3n) is 2.15. The predicted molar refractivity (Wildman–Crippen MR) is 59.4 cm³/mol. The van der Waals surface area contributed by atoms with Crippen molar-refractivity contribution in [3.8, 4) is 0 Å². The summed E-state index contributed by atoms with van der Waals surface area (Å²) >= 11 is 3.23. The molecule has 1 aliphatic heterocycles. The van der Waals surface area contributed by atoms with E-state index in [0.29, 0.717) is 10.5 Å². The Kier molecular flexibility index (Phi) is 2.68. The van der Waals surface area contributed by atoms with Crippen LogP contribution in [0.4, 0.5) is 0 Å². The fourth-order valence-corrected chi connectivity index (χ4v) is 3.47. The van der Waals surface area contributed by atoms with Gasteiger partial charge in [0.15, 0.2) is 0 Å². The Hall–Kier alpha value is -0.690. The van der Waals surface area contributed by atoms with Crippen LogP contribution in [-0.2, 0) is 14.7 Å². The largest absolute Gasteiger partial charge is 0.299 e. The maximum Gasteiger partial charge on any atom is 0.205 e. The first kappa shape index (κ1) is 10.8. The summed E-state index contributed by atoms with van der Waals surface area (Å²) in [5, 5.41) is 0. The summed E-state index contributed by atoms with van der Waals surface area (Å²) in [6.45, 7) is -0.103. The Bertz CT molecular complexity index is 536. The average Bonchev–Trinajstić information content (AvgIpc) is 2.41. The van der Waals surface area contributed by atoms with E-state index in [4.69, 9.17) is 5.90 Å². The monoisotopic (exact) mass is 289 g/mol. The van der Waals surface area contributed by atoms with Gasteiger partial charge >= 0.3 is 0 Å². The molecule has 0 unspecified atom stereocenters. The van der Waals surface area contributed by atoms with Gasteiger partial charge in [0.2, 0.25) is 9.84 Å². The molecule has 4 nitrogen and oxygen atoms in total. The minimum absolute atomic E-state index is 0.103. The maximum atomic E-state index is 11.9. The number of hydrogen-bond donors (Lipinski definition) is 1. The lowest BCUT2D eigenvalue weighted by Crippen LogP contribution is -2.09. The predicted octanol–water partition coefficient (Wildman–Crippen LogP) is 1.47. The van der Waals surface area contributed by atoms with E-state index in [9.17, 15) is 8.42 Å². The van der Waals surface area contributed by atoms with E-state index in [0.717, 1.165) is 4.47 Å². The molecule has 1 aromatic carbocycles. The zero-order valence-electron chi connectivity index (χ0n) is 7.60. The molecule has 15 heavy (non-hydrogen) atoms. The van der Waals surface area contributed by atoms with Crippen molar-refractivity contribution in [1.82, 2.24) is 0 Å². The molecule has 0 atom stereocenters. The number of halogens is 1. The second kappa shape index (κ2) is 3.71. The second-order valence-corrected chi connectivity index (χ2v) is 5.99. The molecule has 2 rings (SSSR count). The van der Waals surface area contributed by atoms with Gasteiger partial charge in [0.25, 0.3) is 0 Å². The van der Waals surface area contributed by atoms with Crippen LogP contribution < -0.4 is 5.90 Å². The highest BCUT2D eigenvalue weighted by molar-refractivity contribution is 9.10. The summed E-state index contributed by atoms with van der Waals surface area (Å²) in [4.78, 5) is 4.85. The van der Waals surface area contributed by atoms with Crippen molar-refractivity contribution < 1.29 is 13.3 Å². The Morgan fingerprint density at radius 3 is 2.80 bits per heavy atom. The van der Waals surface area contributed by atoms with Crippen LogP contribution in [0.1, 0.15) is 5.56 Å². The van der Waals surface area contributed by atoms with E-state index >= 15 is 0 Å². The van der Waals surface area contributed by atoms with E-state index < -0.39 is 9.84 Å². The van der Waals surface area contributed by atoms with Crippen molar-refractivity contribution in [3.63, 3.8) is 0 Å². The summed E-state index contributed by atoms with van der Waals surface area (Å²) in [7, 11) is -3.40. The van der Waals surface area contributed by atoms with Crippen molar-refractivity contribution in [1.29, 1.82) is 0 Å². The number of hydrogen-bond acceptors (Lipinski definition) is 4. The Morgan fingerprint density at radius 1 is 1.40 bits per heavy atom. The molecule has 0 saturated heterocycles. The molecular weight excluding hydrogens is 282 g/mol. The average molecular weight is 290 g/mol. The second-order valence-electron chi connectivity index (χ2n) is 3.11. The summed E-state index contributed by atoms with van der Waals surface area (Å²) in [5.41, 5.74) is 0.672. The molecule has 0 amide bonds. The van der Waals surface area contributed by atoms with Crippen LogP contribution in [0.15, 0.2) is 32.5 Å². The first-order valence-electron chi connectivity index (χ1n) is 4.12. The van der Waals surface area contributed by atoms with Crippen molar-refractivity contribution in [2.45, 2.75) is 4.90 Å². The zero-order chi connectivity index (χ0) is 11.1. The number of rotatable bonds is 2. The molecule has 6 heteroatoms. The van der Waals surface area contributed by atoms with Gasteiger partial charge in [-0.3, -0.25) is 4.84 Å². The Labute approximate surface area is 95.7 Å². The molecular formula is C9H8BrNO3S. The van der Waals surface area contributed by atoms with Crippen LogP contribution in [0.25, 0.3) is 6.08 Å². The molecule has 0 spiro atoms. The number of sulfone groups is 1. The summed E-state index contributed by atoms with van der Waals surface area (Å²) < 4.78 is 24.5. The minimum atomic E-state index is -3.40. The van der Waals surface area contributed by atoms with Crippen LogP contribution in [0.2, 0.25) is 0 Å². The molecule has 0 aliphatic carbocycles. The molecule has 1 heterocycles. The number of benzene rings is 1. The van der Waals surface area contributed by atoms with E-state index in [2.05, 4.69) is 20.8 Å². The van der Waals surface area contributed by atoms with Crippen LogP contribution >= 0.6 is 15.9 Å². The van der Waals surface area contributed by atoms with E-state index in [1.54, 1.807) is 24.3 Å². The van der Waals surface area contributed by atoms with Gasteiger partial charge in [-0.05, 0) is 23.8 Å². The third kappa shape index (κ3) is 1.74. The van der Waals surface area contributed by atoms with Gasteiger partial charge in [0.1, 0.15) is 6.61 Å². The van der Waals surface area contributed by atoms with Gasteiger partial charge in [-0.15, -0.1) is 0 Å². The SMILES string of the molecule is NOCC1=Cc2ccc(Br)cc2S1(=O)=O. The molecule has 1 aliphatic rings. The van der Waals surface area contributed by atoms with E-state index in [-0.39, 0.29) is 11.5 Å². The third-order valence-corrected chi connectivity index (χ3v) is 4.50. The van der Waals surface area contributed by atoms with Crippen molar-refractivity contribution in [3.05, 3.63) is 33.1 Å². The van der Waals surface area contributed by atoms with Gasteiger partial charge in [-0.1, -0.05) is 22.0 Å². The van der Waals surface area contributed by atoms with E-state index in [1.165, 1.54) is 0 Å². The quantitative estimate of drug-likeness (QED) is 0.837.